The zero-order valence-electron chi connectivity index (χ0n) is 16.8. The molecule has 0 radical (unpaired) electrons. The maximum atomic E-state index is 12.9. The number of aromatic nitrogens is 2. The topological polar surface area (TPSA) is 90.3 Å². The number of hydrogen-bond acceptors (Lipinski definition) is 5. The van der Waals surface area contributed by atoms with Gasteiger partial charge in [0, 0.05) is 25.4 Å². The van der Waals surface area contributed by atoms with E-state index in [1.165, 1.54) is 7.11 Å². The lowest BCUT2D eigenvalue weighted by Crippen LogP contribution is -2.27. The number of carbonyl (C=O) groups excluding carboxylic acids is 2. The number of rotatable bonds is 7. The molecule has 1 N–H and O–H groups in total. The van der Waals surface area contributed by atoms with Gasteiger partial charge in [-0.05, 0) is 42.7 Å². The summed E-state index contributed by atoms with van der Waals surface area (Å²) < 4.78 is 6.44. The highest BCUT2D eigenvalue weighted by Gasteiger charge is 2.28. The minimum Gasteiger partial charge on any atom is -0.465 e. The molecule has 0 aliphatic heterocycles. The molecule has 1 fully saturated rings. The van der Waals surface area contributed by atoms with Crippen LogP contribution in [0.2, 0.25) is 0 Å². The number of carbonyl (C=O) groups is 2. The van der Waals surface area contributed by atoms with Crippen molar-refractivity contribution in [2.45, 2.75) is 38.3 Å². The van der Waals surface area contributed by atoms with Crippen molar-refractivity contribution in [1.29, 1.82) is 0 Å². The highest BCUT2D eigenvalue weighted by Crippen LogP contribution is 2.34. The number of nitrogens with one attached hydrogen (secondary N) is 1. The third-order valence-electron chi connectivity index (χ3n) is 5.23. The molecular weight excluding hydrogens is 382 g/mol. The monoisotopic (exact) mass is 405 g/mol. The number of hydrogen-bond donors (Lipinski definition) is 1. The Labute approximate surface area is 173 Å². The zero-order valence-corrected chi connectivity index (χ0v) is 16.8. The lowest BCUT2D eigenvalue weighted by atomic mass is 10.1. The van der Waals surface area contributed by atoms with Gasteiger partial charge in [0.05, 0.1) is 23.6 Å². The maximum Gasteiger partial charge on any atom is 0.337 e. The Bertz CT molecular complexity index is 1150. The van der Waals surface area contributed by atoms with Gasteiger partial charge in [-0.2, -0.15) is 0 Å². The van der Waals surface area contributed by atoms with E-state index in [0.29, 0.717) is 35.3 Å². The summed E-state index contributed by atoms with van der Waals surface area (Å²) in [7, 11) is 1.34. The molecule has 1 aromatic heterocycles. The van der Waals surface area contributed by atoms with Gasteiger partial charge >= 0.3 is 5.97 Å². The summed E-state index contributed by atoms with van der Waals surface area (Å²) >= 11 is 0. The summed E-state index contributed by atoms with van der Waals surface area (Å²) in [6, 6.07) is 14.4. The van der Waals surface area contributed by atoms with Gasteiger partial charge in [-0.1, -0.05) is 24.3 Å². The first-order valence-corrected chi connectivity index (χ1v) is 10.0. The Kier molecular flexibility index (Phi) is 5.61. The van der Waals surface area contributed by atoms with E-state index in [-0.39, 0.29) is 23.9 Å². The predicted molar refractivity (Wildman–Crippen MR) is 112 cm³/mol. The SMILES string of the molecule is COC(=O)c1ccc(CNC(=O)CCc2nc3ccccc3c(=O)n2C2CC2)cc1. The maximum absolute atomic E-state index is 12.9. The van der Waals surface area contributed by atoms with Crippen molar-refractivity contribution in [2.75, 3.05) is 7.11 Å². The van der Waals surface area contributed by atoms with Gasteiger partial charge in [0.15, 0.2) is 0 Å². The van der Waals surface area contributed by atoms with Crippen LogP contribution in [0, 0.1) is 0 Å². The Morgan fingerprint density at radius 2 is 1.87 bits per heavy atom. The van der Waals surface area contributed by atoms with E-state index in [9.17, 15) is 14.4 Å². The molecule has 1 saturated carbocycles. The van der Waals surface area contributed by atoms with Gasteiger partial charge in [0.1, 0.15) is 5.82 Å². The van der Waals surface area contributed by atoms with Crippen LogP contribution in [0.4, 0.5) is 0 Å². The highest BCUT2D eigenvalue weighted by atomic mass is 16.5. The number of amides is 1. The Balaban J connectivity index is 1.40. The third-order valence-corrected chi connectivity index (χ3v) is 5.23. The fourth-order valence-corrected chi connectivity index (χ4v) is 3.47. The average molecular weight is 405 g/mol. The number of ether oxygens (including phenoxy) is 1. The molecule has 4 rings (SSSR count). The minimum absolute atomic E-state index is 0.0239. The van der Waals surface area contributed by atoms with E-state index in [4.69, 9.17) is 0 Å². The van der Waals surface area contributed by atoms with Crippen LogP contribution >= 0.6 is 0 Å². The van der Waals surface area contributed by atoms with Gasteiger partial charge in [-0.25, -0.2) is 9.78 Å². The van der Waals surface area contributed by atoms with Gasteiger partial charge in [0.2, 0.25) is 5.91 Å². The van der Waals surface area contributed by atoms with Crippen molar-refractivity contribution in [2.24, 2.45) is 0 Å². The van der Waals surface area contributed by atoms with E-state index < -0.39 is 5.97 Å². The fraction of sp³-hybridized carbons (Fsp3) is 0.304. The summed E-state index contributed by atoms with van der Waals surface area (Å²) in [6.45, 7) is 0.362. The number of para-hydroxylation sites is 1. The molecule has 2 aromatic carbocycles. The molecule has 0 bridgehead atoms. The van der Waals surface area contributed by atoms with Gasteiger partial charge < -0.3 is 10.1 Å². The quantitative estimate of drug-likeness (QED) is 0.611. The van der Waals surface area contributed by atoms with Crippen LogP contribution in [0.5, 0.6) is 0 Å². The van der Waals surface area contributed by atoms with Crippen molar-refractivity contribution in [1.82, 2.24) is 14.9 Å². The lowest BCUT2D eigenvalue weighted by molar-refractivity contribution is -0.121. The predicted octanol–water partition coefficient (Wildman–Crippen LogP) is 2.77. The van der Waals surface area contributed by atoms with Crippen molar-refractivity contribution in [3.05, 3.63) is 75.8 Å². The Hall–Kier alpha value is -3.48. The minimum atomic E-state index is -0.393. The molecule has 0 spiro atoms. The number of benzene rings is 2. The molecule has 154 valence electrons. The average Bonchev–Trinajstić information content (AvgIpc) is 3.61. The summed E-state index contributed by atoms with van der Waals surface area (Å²) in [4.78, 5) is 41.4. The molecule has 1 amide bonds. The van der Waals surface area contributed by atoms with Crippen LogP contribution in [-0.4, -0.2) is 28.5 Å². The van der Waals surface area contributed by atoms with Crippen LogP contribution in [0.3, 0.4) is 0 Å². The van der Waals surface area contributed by atoms with Crippen LogP contribution in [0.25, 0.3) is 10.9 Å². The summed E-state index contributed by atoms with van der Waals surface area (Å²) in [5.74, 6) is 0.158. The molecule has 30 heavy (non-hydrogen) atoms. The van der Waals surface area contributed by atoms with Crippen molar-refractivity contribution in [3.8, 4) is 0 Å². The van der Waals surface area contributed by atoms with Crippen molar-refractivity contribution >= 4 is 22.8 Å². The molecule has 0 atom stereocenters. The first-order valence-electron chi connectivity index (χ1n) is 10.0. The largest absolute Gasteiger partial charge is 0.465 e. The zero-order chi connectivity index (χ0) is 21.1. The van der Waals surface area contributed by atoms with Crippen molar-refractivity contribution < 1.29 is 14.3 Å². The lowest BCUT2D eigenvalue weighted by Gasteiger charge is -2.13. The molecule has 0 unspecified atom stereocenters. The van der Waals surface area contributed by atoms with Crippen molar-refractivity contribution in [3.63, 3.8) is 0 Å². The van der Waals surface area contributed by atoms with Crippen LogP contribution in [0.15, 0.2) is 53.3 Å². The van der Waals surface area contributed by atoms with Gasteiger partial charge in [-0.3, -0.25) is 14.2 Å². The highest BCUT2D eigenvalue weighted by molar-refractivity contribution is 5.89. The second kappa shape index (κ2) is 8.49. The van der Waals surface area contributed by atoms with E-state index in [1.807, 2.05) is 18.2 Å². The molecule has 7 nitrogen and oxygen atoms in total. The molecule has 1 aliphatic carbocycles. The van der Waals surface area contributed by atoms with Crippen LogP contribution < -0.4 is 10.9 Å². The molecule has 1 aliphatic rings. The second-order valence-corrected chi connectivity index (χ2v) is 7.42. The van der Waals surface area contributed by atoms with E-state index in [1.54, 1.807) is 34.9 Å². The van der Waals surface area contributed by atoms with E-state index >= 15 is 0 Å². The standard InChI is InChI=1S/C23H23N3O4/c1-30-23(29)16-8-6-15(7-9-16)14-24-21(27)13-12-20-25-19-5-3-2-4-18(19)22(28)26(20)17-10-11-17/h2-9,17H,10-14H2,1H3,(H,24,27). The van der Waals surface area contributed by atoms with E-state index in [0.717, 1.165) is 18.4 Å². The number of fused-ring (bicyclic) bond motifs is 1. The van der Waals surface area contributed by atoms with Crippen LogP contribution in [-0.2, 0) is 22.5 Å². The van der Waals surface area contributed by atoms with E-state index in [2.05, 4.69) is 15.0 Å². The normalized spacial score (nSPS) is 13.2. The summed E-state index contributed by atoms with van der Waals surface area (Å²) in [6.07, 6.45) is 2.60. The number of nitrogens with zero attached hydrogens (tertiary/aromatic N) is 2. The number of methoxy groups -OCH3 is 1. The second-order valence-electron chi connectivity index (χ2n) is 7.42. The fourth-order valence-electron chi connectivity index (χ4n) is 3.47. The third kappa shape index (κ3) is 4.25. The smallest absolute Gasteiger partial charge is 0.337 e. The molecule has 1 heterocycles. The first kappa shape index (κ1) is 19.8. The summed E-state index contributed by atoms with van der Waals surface area (Å²) in [5.41, 5.74) is 1.99. The van der Waals surface area contributed by atoms with Crippen LogP contribution in [0.1, 0.15) is 47.1 Å². The Morgan fingerprint density at radius 3 is 2.57 bits per heavy atom. The number of aryl methyl sites for hydroxylation is 1. The first-order chi connectivity index (χ1) is 14.6. The van der Waals surface area contributed by atoms with Gasteiger partial charge in [-0.15, -0.1) is 0 Å². The summed E-state index contributed by atoms with van der Waals surface area (Å²) in [5, 5.41) is 3.50. The van der Waals surface area contributed by atoms with Gasteiger partial charge in [0.25, 0.3) is 5.56 Å². The number of esters is 1. The molecule has 7 heteroatoms. The molecule has 3 aromatic rings. The molecular formula is C23H23N3O4. The molecule has 0 saturated heterocycles. The Morgan fingerprint density at radius 1 is 1.13 bits per heavy atom.